The SMILES string of the molecule is CC(O)C(NC(=O)C(CCC(N)=O)NC(=O)C(N)Cc1ccccc1)C(=O)NC(CCC(=O)O)C(=O)O. The summed E-state index contributed by atoms with van der Waals surface area (Å²) in [5.41, 5.74) is 11.9. The van der Waals surface area contributed by atoms with Crippen LogP contribution in [0.4, 0.5) is 0 Å². The molecule has 5 atom stereocenters. The van der Waals surface area contributed by atoms with E-state index in [0.717, 1.165) is 12.5 Å². The van der Waals surface area contributed by atoms with Gasteiger partial charge in [-0.3, -0.25) is 24.0 Å². The van der Waals surface area contributed by atoms with Gasteiger partial charge in [-0.2, -0.15) is 0 Å². The van der Waals surface area contributed by atoms with Crippen LogP contribution in [0.15, 0.2) is 30.3 Å². The number of amides is 4. The van der Waals surface area contributed by atoms with E-state index in [1.165, 1.54) is 0 Å². The highest BCUT2D eigenvalue weighted by Gasteiger charge is 2.33. The van der Waals surface area contributed by atoms with Crippen LogP contribution in [0.1, 0.15) is 38.2 Å². The number of primary amides is 1. The first-order chi connectivity index (χ1) is 17.3. The summed E-state index contributed by atoms with van der Waals surface area (Å²) in [5, 5.41) is 34.8. The molecule has 0 heterocycles. The van der Waals surface area contributed by atoms with Gasteiger partial charge in [0.2, 0.25) is 23.6 Å². The quantitative estimate of drug-likeness (QED) is 0.114. The summed E-state index contributed by atoms with van der Waals surface area (Å²) in [4.78, 5) is 71.6. The van der Waals surface area contributed by atoms with Crippen molar-refractivity contribution >= 4 is 35.6 Å². The van der Waals surface area contributed by atoms with Crippen LogP contribution in [0, 0.1) is 0 Å². The highest BCUT2D eigenvalue weighted by atomic mass is 16.4. The van der Waals surface area contributed by atoms with Crippen molar-refractivity contribution in [2.45, 2.75) is 69.3 Å². The number of carboxylic acids is 2. The molecule has 10 N–H and O–H groups in total. The van der Waals surface area contributed by atoms with Crippen molar-refractivity contribution in [1.29, 1.82) is 0 Å². The Morgan fingerprint density at radius 1 is 0.838 bits per heavy atom. The van der Waals surface area contributed by atoms with E-state index in [0.29, 0.717) is 0 Å². The maximum absolute atomic E-state index is 12.9. The first kappa shape index (κ1) is 31.0. The van der Waals surface area contributed by atoms with Crippen LogP contribution < -0.4 is 27.4 Å². The minimum absolute atomic E-state index is 0.155. The fourth-order valence-electron chi connectivity index (χ4n) is 3.24. The van der Waals surface area contributed by atoms with Crippen molar-refractivity contribution in [1.82, 2.24) is 16.0 Å². The van der Waals surface area contributed by atoms with E-state index in [2.05, 4.69) is 16.0 Å². The molecule has 14 heteroatoms. The summed E-state index contributed by atoms with van der Waals surface area (Å²) < 4.78 is 0. The van der Waals surface area contributed by atoms with Crippen molar-refractivity contribution in [3.05, 3.63) is 35.9 Å². The minimum atomic E-state index is -1.66. The van der Waals surface area contributed by atoms with Crippen LogP contribution in [0.2, 0.25) is 0 Å². The van der Waals surface area contributed by atoms with Gasteiger partial charge in [-0.25, -0.2) is 4.79 Å². The predicted molar refractivity (Wildman–Crippen MR) is 129 cm³/mol. The number of aliphatic hydroxyl groups is 1. The average molecular weight is 524 g/mol. The maximum Gasteiger partial charge on any atom is 0.326 e. The largest absolute Gasteiger partial charge is 0.481 e. The van der Waals surface area contributed by atoms with Gasteiger partial charge in [0.1, 0.15) is 18.1 Å². The smallest absolute Gasteiger partial charge is 0.326 e. The van der Waals surface area contributed by atoms with Crippen LogP contribution in [-0.2, 0) is 35.2 Å². The van der Waals surface area contributed by atoms with Crippen molar-refractivity contribution in [2.24, 2.45) is 11.5 Å². The number of aliphatic carboxylic acids is 2. The number of carbonyl (C=O) groups excluding carboxylic acids is 4. The molecule has 1 aromatic carbocycles. The Balaban J connectivity index is 2.95. The molecule has 0 saturated carbocycles. The summed E-state index contributed by atoms with van der Waals surface area (Å²) in [6.45, 7) is 1.16. The molecule has 37 heavy (non-hydrogen) atoms. The summed E-state index contributed by atoms with van der Waals surface area (Å²) >= 11 is 0. The lowest BCUT2D eigenvalue weighted by Gasteiger charge is -2.26. The van der Waals surface area contributed by atoms with Crippen LogP contribution in [0.5, 0.6) is 0 Å². The molecule has 0 spiro atoms. The molecule has 0 saturated heterocycles. The highest BCUT2D eigenvalue weighted by Crippen LogP contribution is 2.06. The number of nitrogens with two attached hydrogens (primary N) is 2. The number of carbonyl (C=O) groups is 6. The molecule has 0 aliphatic heterocycles. The third-order valence-corrected chi connectivity index (χ3v) is 5.27. The average Bonchev–Trinajstić information content (AvgIpc) is 2.82. The molecule has 4 amide bonds. The van der Waals surface area contributed by atoms with Crippen LogP contribution in [0.25, 0.3) is 0 Å². The summed E-state index contributed by atoms with van der Waals surface area (Å²) in [5.74, 6) is -6.31. The molecule has 0 aliphatic rings. The molecule has 5 unspecified atom stereocenters. The third-order valence-electron chi connectivity index (χ3n) is 5.27. The highest BCUT2D eigenvalue weighted by molar-refractivity contribution is 5.94. The molecule has 0 aromatic heterocycles. The monoisotopic (exact) mass is 523 g/mol. The predicted octanol–water partition coefficient (Wildman–Crippen LogP) is -2.39. The van der Waals surface area contributed by atoms with Gasteiger partial charge in [-0.1, -0.05) is 30.3 Å². The fourth-order valence-corrected chi connectivity index (χ4v) is 3.24. The van der Waals surface area contributed by atoms with Gasteiger partial charge in [0.05, 0.1) is 12.1 Å². The van der Waals surface area contributed by atoms with Gasteiger partial charge >= 0.3 is 11.9 Å². The molecule has 14 nitrogen and oxygen atoms in total. The van der Waals surface area contributed by atoms with Crippen molar-refractivity contribution in [3.63, 3.8) is 0 Å². The van der Waals surface area contributed by atoms with Gasteiger partial charge in [0.15, 0.2) is 0 Å². The maximum atomic E-state index is 12.9. The molecule has 1 aromatic rings. The number of hydrogen-bond donors (Lipinski definition) is 8. The summed E-state index contributed by atoms with van der Waals surface area (Å²) in [7, 11) is 0. The van der Waals surface area contributed by atoms with Crippen molar-refractivity contribution in [2.75, 3.05) is 0 Å². The zero-order valence-electron chi connectivity index (χ0n) is 20.3. The van der Waals surface area contributed by atoms with Crippen molar-refractivity contribution < 1.29 is 44.1 Å². The Kier molecular flexibility index (Phi) is 12.7. The number of nitrogens with one attached hydrogen (secondary N) is 3. The molecule has 0 radical (unpaired) electrons. The Morgan fingerprint density at radius 2 is 1.41 bits per heavy atom. The Bertz CT molecular complexity index is 971. The lowest BCUT2D eigenvalue weighted by molar-refractivity contribution is -0.144. The van der Waals surface area contributed by atoms with Crippen LogP contribution in [0.3, 0.4) is 0 Å². The third kappa shape index (κ3) is 11.5. The number of benzene rings is 1. The number of rotatable bonds is 16. The molecule has 0 bridgehead atoms. The first-order valence-electron chi connectivity index (χ1n) is 11.4. The van der Waals surface area contributed by atoms with E-state index >= 15 is 0 Å². The fraction of sp³-hybridized carbons (Fsp3) is 0.478. The van der Waals surface area contributed by atoms with Gasteiger partial charge < -0.3 is 42.7 Å². The summed E-state index contributed by atoms with van der Waals surface area (Å²) in [6, 6.07) is 3.17. The molecule has 204 valence electrons. The lowest BCUT2D eigenvalue weighted by atomic mass is 10.0. The Morgan fingerprint density at radius 3 is 1.92 bits per heavy atom. The summed E-state index contributed by atoms with van der Waals surface area (Å²) in [6.07, 6.45) is -2.88. The Hall–Kier alpha value is -4.04. The Labute approximate surface area is 212 Å². The molecular weight excluding hydrogens is 490 g/mol. The number of carboxylic acid groups (broad SMARTS) is 2. The minimum Gasteiger partial charge on any atom is -0.481 e. The van der Waals surface area contributed by atoms with E-state index in [4.69, 9.17) is 16.6 Å². The van der Waals surface area contributed by atoms with Crippen molar-refractivity contribution in [3.8, 4) is 0 Å². The molecule has 0 fully saturated rings. The van der Waals surface area contributed by atoms with E-state index in [9.17, 15) is 39.0 Å². The van der Waals surface area contributed by atoms with E-state index in [1.54, 1.807) is 30.3 Å². The van der Waals surface area contributed by atoms with Gasteiger partial charge in [0, 0.05) is 12.8 Å². The van der Waals surface area contributed by atoms with Crippen LogP contribution >= 0.6 is 0 Å². The zero-order chi connectivity index (χ0) is 28.1. The standard InChI is InChI=1S/C23H33N5O9/c1-12(29)19(22(35)27-16(23(36)37)8-10-18(31)32)28-21(34)15(7-9-17(25)30)26-20(33)14(24)11-13-5-3-2-4-6-13/h2-6,12,14-16,19,29H,7-11,24H2,1H3,(H2,25,30)(H,26,33)(H,27,35)(H,28,34)(H,31,32)(H,36,37). The topological polar surface area (TPSA) is 251 Å². The second kappa shape index (κ2) is 15.2. The lowest BCUT2D eigenvalue weighted by Crippen LogP contribution is -2.60. The normalized spacial score (nSPS) is 14.8. The zero-order valence-corrected chi connectivity index (χ0v) is 20.3. The molecule has 1 rings (SSSR count). The second-order valence-corrected chi connectivity index (χ2v) is 8.42. The van der Waals surface area contributed by atoms with E-state index in [-0.39, 0.29) is 19.3 Å². The second-order valence-electron chi connectivity index (χ2n) is 8.42. The first-order valence-corrected chi connectivity index (χ1v) is 11.4. The molecule has 0 aliphatic carbocycles. The number of hydrogen-bond acceptors (Lipinski definition) is 8. The number of aliphatic hydroxyl groups excluding tert-OH is 1. The van der Waals surface area contributed by atoms with Gasteiger partial charge in [-0.15, -0.1) is 0 Å². The van der Waals surface area contributed by atoms with Crippen LogP contribution in [-0.4, -0.2) is 81.2 Å². The van der Waals surface area contributed by atoms with Gasteiger partial charge in [0.25, 0.3) is 0 Å². The van der Waals surface area contributed by atoms with Gasteiger partial charge in [-0.05, 0) is 31.7 Å². The van der Waals surface area contributed by atoms with E-state index < -0.39 is 78.7 Å². The molecular formula is C23H33N5O9. The van der Waals surface area contributed by atoms with E-state index in [1.807, 2.05) is 0 Å².